The van der Waals surface area contributed by atoms with Crippen LogP contribution in [0.15, 0.2) is 54.6 Å². The van der Waals surface area contributed by atoms with Gasteiger partial charge in [-0.15, -0.1) is 0 Å². The number of carbonyl (C=O) groups excluding carboxylic acids is 1. The molecule has 2 aromatic rings. The number of carbonyl (C=O) groups is 1. The molecule has 2 aromatic carbocycles. The summed E-state index contributed by atoms with van der Waals surface area (Å²) in [4.78, 5) is 14.4. The quantitative estimate of drug-likeness (QED) is 0.850. The lowest BCUT2D eigenvalue weighted by Crippen LogP contribution is -2.48. The van der Waals surface area contributed by atoms with Crippen molar-refractivity contribution in [2.24, 2.45) is 0 Å². The molecule has 144 valence electrons. The second kappa shape index (κ2) is 8.55. The lowest BCUT2D eigenvalue weighted by Gasteiger charge is -2.39. The van der Waals surface area contributed by atoms with Crippen molar-refractivity contribution < 1.29 is 19.4 Å². The summed E-state index contributed by atoms with van der Waals surface area (Å²) in [5.41, 5.74) is 0.801. The first-order valence-corrected chi connectivity index (χ1v) is 9.27. The monoisotopic (exact) mass is 369 g/mol. The Morgan fingerprint density at radius 2 is 1.74 bits per heavy atom. The number of rotatable bonds is 6. The summed E-state index contributed by atoms with van der Waals surface area (Å²) < 4.78 is 11.2. The van der Waals surface area contributed by atoms with Gasteiger partial charge >= 0.3 is 0 Å². The lowest BCUT2D eigenvalue weighted by atomic mass is 9.76. The third kappa shape index (κ3) is 4.67. The van der Waals surface area contributed by atoms with Gasteiger partial charge in [0.05, 0.1) is 11.5 Å². The molecule has 3 rings (SSSR count). The van der Waals surface area contributed by atoms with Crippen molar-refractivity contribution in [3.63, 3.8) is 0 Å². The minimum atomic E-state index is -1.09. The third-order valence-electron chi connectivity index (χ3n) is 5.05. The van der Waals surface area contributed by atoms with Crippen LogP contribution in [0.4, 0.5) is 0 Å². The van der Waals surface area contributed by atoms with Crippen molar-refractivity contribution in [2.45, 2.75) is 31.0 Å². The number of likely N-dealkylation sites (N-methyl/N-ethyl adjacent to an activating group) is 1. The Hall–Kier alpha value is -2.37. The van der Waals surface area contributed by atoms with Crippen LogP contribution in [0.3, 0.4) is 0 Å². The first kappa shape index (κ1) is 19.4. The Bertz CT molecular complexity index is 737. The van der Waals surface area contributed by atoms with Gasteiger partial charge in [0, 0.05) is 40.2 Å². The number of aliphatic hydroxyl groups is 1. The van der Waals surface area contributed by atoms with E-state index in [1.165, 1.54) is 4.90 Å². The van der Waals surface area contributed by atoms with Crippen LogP contribution in [0, 0.1) is 0 Å². The zero-order valence-electron chi connectivity index (χ0n) is 15.9. The van der Waals surface area contributed by atoms with Crippen LogP contribution in [0.5, 0.6) is 5.75 Å². The second-order valence-corrected chi connectivity index (χ2v) is 7.22. The van der Waals surface area contributed by atoms with E-state index in [2.05, 4.69) is 0 Å². The Kier molecular flexibility index (Phi) is 6.14. The molecule has 5 nitrogen and oxygen atoms in total. The van der Waals surface area contributed by atoms with Crippen LogP contribution in [0.25, 0.3) is 0 Å². The van der Waals surface area contributed by atoms with E-state index in [1.54, 1.807) is 14.1 Å². The normalized spacial score (nSPS) is 17.1. The summed E-state index contributed by atoms with van der Waals surface area (Å²) in [6, 6.07) is 17.4. The molecule has 0 spiro atoms. The van der Waals surface area contributed by atoms with Gasteiger partial charge in [0.15, 0.2) is 0 Å². The van der Waals surface area contributed by atoms with Gasteiger partial charge in [-0.1, -0.05) is 42.5 Å². The van der Waals surface area contributed by atoms with Crippen LogP contribution in [0.2, 0.25) is 0 Å². The maximum atomic E-state index is 12.8. The molecule has 1 saturated heterocycles. The van der Waals surface area contributed by atoms with Gasteiger partial charge in [-0.3, -0.25) is 4.79 Å². The number of hydrogen-bond acceptors (Lipinski definition) is 4. The van der Waals surface area contributed by atoms with Gasteiger partial charge < -0.3 is 19.5 Å². The molecule has 1 amide bonds. The molecule has 0 bridgehead atoms. The molecule has 1 heterocycles. The first-order chi connectivity index (χ1) is 13.0. The van der Waals surface area contributed by atoms with Gasteiger partial charge in [-0.05, 0) is 23.3 Å². The summed E-state index contributed by atoms with van der Waals surface area (Å²) >= 11 is 0. The van der Waals surface area contributed by atoms with E-state index >= 15 is 0 Å². The largest absolute Gasteiger partial charge is 0.489 e. The highest BCUT2D eigenvalue weighted by Gasteiger charge is 2.44. The predicted molar refractivity (Wildman–Crippen MR) is 104 cm³/mol. The van der Waals surface area contributed by atoms with Crippen molar-refractivity contribution in [3.8, 4) is 5.75 Å². The minimum Gasteiger partial charge on any atom is -0.489 e. The highest BCUT2D eigenvalue weighted by atomic mass is 16.5. The molecule has 0 aliphatic carbocycles. The Morgan fingerprint density at radius 3 is 2.33 bits per heavy atom. The van der Waals surface area contributed by atoms with E-state index in [4.69, 9.17) is 9.47 Å². The number of hydrogen-bond donors (Lipinski definition) is 1. The standard InChI is InChI=1S/C22H27NO4/c1-23(2)21(24)20(22(25)12-14-26-15-13-22)18-8-10-19(11-9-18)27-16-17-6-4-3-5-7-17/h3-11,20,25H,12-16H2,1-2H3. The average Bonchev–Trinajstić information content (AvgIpc) is 2.68. The van der Waals surface area contributed by atoms with Crippen LogP contribution in [-0.2, 0) is 16.1 Å². The Morgan fingerprint density at radius 1 is 1.11 bits per heavy atom. The summed E-state index contributed by atoms with van der Waals surface area (Å²) in [5, 5.41) is 11.2. The molecule has 0 radical (unpaired) electrons. The number of benzene rings is 2. The van der Waals surface area contributed by atoms with E-state index in [9.17, 15) is 9.90 Å². The van der Waals surface area contributed by atoms with Crippen LogP contribution >= 0.6 is 0 Å². The molecule has 1 N–H and O–H groups in total. The van der Waals surface area contributed by atoms with Gasteiger partial charge in [-0.2, -0.15) is 0 Å². The van der Waals surface area contributed by atoms with Crippen molar-refractivity contribution in [1.29, 1.82) is 0 Å². The number of nitrogens with zero attached hydrogens (tertiary/aromatic N) is 1. The Balaban J connectivity index is 1.77. The van der Waals surface area contributed by atoms with Crippen molar-refractivity contribution in [1.82, 2.24) is 4.90 Å². The smallest absolute Gasteiger partial charge is 0.232 e. The zero-order valence-corrected chi connectivity index (χ0v) is 15.9. The molecule has 1 aliphatic heterocycles. The average molecular weight is 369 g/mol. The summed E-state index contributed by atoms with van der Waals surface area (Å²) in [6.45, 7) is 1.42. The lowest BCUT2D eigenvalue weighted by molar-refractivity contribution is -0.143. The topological polar surface area (TPSA) is 59.0 Å². The molecular weight excluding hydrogens is 342 g/mol. The molecule has 1 aliphatic rings. The van der Waals surface area contributed by atoms with Crippen molar-refractivity contribution >= 4 is 5.91 Å². The first-order valence-electron chi connectivity index (χ1n) is 9.27. The van der Waals surface area contributed by atoms with Gasteiger partial charge in [0.1, 0.15) is 12.4 Å². The van der Waals surface area contributed by atoms with E-state index in [1.807, 2.05) is 54.6 Å². The van der Waals surface area contributed by atoms with Gasteiger partial charge in [0.25, 0.3) is 0 Å². The maximum Gasteiger partial charge on any atom is 0.232 e. The fourth-order valence-electron chi connectivity index (χ4n) is 3.45. The summed E-state index contributed by atoms with van der Waals surface area (Å²) in [5.74, 6) is 0.0227. The van der Waals surface area contributed by atoms with E-state index in [0.29, 0.717) is 32.7 Å². The van der Waals surface area contributed by atoms with Crippen LogP contribution in [-0.4, -0.2) is 48.8 Å². The second-order valence-electron chi connectivity index (χ2n) is 7.22. The van der Waals surface area contributed by atoms with Gasteiger partial charge in [0.2, 0.25) is 5.91 Å². The molecular formula is C22H27NO4. The highest BCUT2D eigenvalue weighted by molar-refractivity contribution is 5.84. The summed E-state index contributed by atoms with van der Waals surface area (Å²) in [7, 11) is 3.44. The molecule has 27 heavy (non-hydrogen) atoms. The molecule has 0 saturated carbocycles. The molecule has 1 fully saturated rings. The van der Waals surface area contributed by atoms with E-state index < -0.39 is 11.5 Å². The zero-order chi connectivity index (χ0) is 19.3. The highest BCUT2D eigenvalue weighted by Crippen LogP contribution is 2.38. The molecule has 0 aromatic heterocycles. The van der Waals surface area contributed by atoms with Crippen molar-refractivity contribution in [3.05, 3.63) is 65.7 Å². The van der Waals surface area contributed by atoms with Crippen LogP contribution in [0.1, 0.15) is 29.9 Å². The molecule has 1 unspecified atom stereocenters. The fourth-order valence-corrected chi connectivity index (χ4v) is 3.45. The van der Waals surface area contributed by atoms with E-state index in [-0.39, 0.29) is 5.91 Å². The number of ether oxygens (including phenoxy) is 2. The Labute approximate surface area is 160 Å². The molecule has 1 atom stereocenters. The van der Waals surface area contributed by atoms with E-state index in [0.717, 1.165) is 16.9 Å². The number of amides is 1. The van der Waals surface area contributed by atoms with Gasteiger partial charge in [-0.25, -0.2) is 0 Å². The fraction of sp³-hybridized carbons (Fsp3) is 0.409. The third-order valence-corrected chi connectivity index (χ3v) is 5.05. The SMILES string of the molecule is CN(C)C(=O)C(c1ccc(OCc2ccccc2)cc1)C1(O)CCOCC1. The predicted octanol–water partition coefficient (Wildman–Crippen LogP) is 2.98. The van der Waals surface area contributed by atoms with Crippen LogP contribution < -0.4 is 4.74 Å². The molecule has 5 heteroatoms. The summed E-state index contributed by atoms with van der Waals surface area (Å²) in [6.07, 6.45) is 0.896. The van der Waals surface area contributed by atoms with Crippen molar-refractivity contribution in [2.75, 3.05) is 27.3 Å². The minimum absolute atomic E-state index is 0.0997. The maximum absolute atomic E-state index is 12.8.